The van der Waals surface area contributed by atoms with Crippen molar-refractivity contribution >= 4 is 21.8 Å². The van der Waals surface area contributed by atoms with Crippen LogP contribution in [0.3, 0.4) is 0 Å². The van der Waals surface area contributed by atoms with Crippen LogP contribution in [-0.4, -0.2) is 23.9 Å². The van der Waals surface area contributed by atoms with Gasteiger partial charge in [0, 0.05) is 23.4 Å². The third kappa shape index (κ3) is 3.25. The molecule has 1 unspecified atom stereocenters. The van der Waals surface area contributed by atoms with E-state index in [-0.39, 0.29) is 5.91 Å². The van der Waals surface area contributed by atoms with Crippen LogP contribution >= 0.6 is 15.9 Å². The second-order valence-corrected chi connectivity index (χ2v) is 5.81. The Bertz CT molecular complexity index is 434. The van der Waals surface area contributed by atoms with Crippen molar-refractivity contribution in [2.45, 2.75) is 31.0 Å². The van der Waals surface area contributed by atoms with Gasteiger partial charge < -0.3 is 10.1 Å². The quantitative estimate of drug-likeness (QED) is 0.849. The van der Waals surface area contributed by atoms with Crippen molar-refractivity contribution in [2.75, 3.05) is 13.2 Å². The first kappa shape index (κ1) is 13.4. The number of rotatable bonds is 5. The van der Waals surface area contributed by atoms with Gasteiger partial charge in [0.25, 0.3) is 5.91 Å². The molecule has 0 aliphatic carbocycles. The van der Waals surface area contributed by atoms with E-state index in [0.29, 0.717) is 11.4 Å². The largest absolute Gasteiger partial charge is 0.493 e. The molecule has 98 valence electrons. The zero-order valence-corrected chi connectivity index (χ0v) is 12.1. The molecule has 0 aromatic heterocycles. The first-order chi connectivity index (χ1) is 8.70. The summed E-state index contributed by atoms with van der Waals surface area (Å²) in [7, 11) is 0. The fourth-order valence-electron chi connectivity index (χ4n) is 2.05. The van der Waals surface area contributed by atoms with Gasteiger partial charge in [-0.2, -0.15) is 0 Å². The SMILES string of the molecule is CCCC(Br)CNC(=O)c1ccc2c(c1)CCO2. The summed E-state index contributed by atoms with van der Waals surface area (Å²) in [5.74, 6) is 0.904. The molecule has 1 heterocycles. The Morgan fingerprint density at radius 3 is 3.17 bits per heavy atom. The number of hydrogen-bond donors (Lipinski definition) is 1. The van der Waals surface area contributed by atoms with Crippen LogP contribution in [0, 0.1) is 0 Å². The third-order valence-corrected chi connectivity index (χ3v) is 3.82. The highest BCUT2D eigenvalue weighted by molar-refractivity contribution is 9.09. The number of ether oxygens (including phenoxy) is 1. The highest BCUT2D eigenvalue weighted by Crippen LogP contribution is 2.25. The number of benzene rings is 1. The van der Waals surface area contributed by atoms with Gasteiger partial charge in [0.1, 0.15) is 5.75 Å². The molecule has 2 rings (SSSR count). The molecule has 0 fully saturated rings. The number of amides is 1. The number of halogens is 1. The zero-order chi connectivity index (χ0) is 13.0. The molecule has 1 aromatic carbocycles. The third-order valence-electron chi connectivity index (χ3n) is 3.04. The summed E-state index contributed by atoms with van der Waals surface area (Å²) in [5.41, 5.74) is 1.85. The number of nitrogens with one attached hydrogen (secondary N) is 1. The molecular weight excluding hydrogens is 294 g/mol. The summed E-state index contributed by atoms with van der Waals surface area (Å²) in [6, 6.07) is 5.64. The lowest BCUT2D eigenvalue weighted by atomic mass is 10.1. The van der Waals surface area contributed by atoms with Gasteiger partial charge in [0.2, 0.25) is 0 Å². The Morgan fingerprint density at radius 1 is 1.56 bits per heavy atom. The number of carbonyl (C=O) groups is 1. The normalized spacial score (nSPS) is 14.8. The van der Waals surface area contributed by atoms with Crippen molar-refractivity contribution in [2.24, 2.45) is 0 Å². The lowest BCUT2D eigenvalue weighted by molar-refractivity contribution is 0.0953. The highest BCUT2D eigenvalue weighted by Gasteiger charge is 2.15. The molecule has 1 amide bonds. The first-order valence-electron chi connectivity index (χ1n) is 6.38. The minimum absolute atomic E-state index is 0.00902. The van der Waals surface area contributed by atoms with E-state index in [4.69, 9.17) is 4.74 Å². The Kier molecular flexibility index (Phi) is 4.64. The molecule has 0 radical (unpaired) electrons. The molecule has 4 heteroatoms. The van der Waals surface area contributed by atoms with Gasteiger partial charge in [0.05, 0.1) is 6.61 Å². The monoisotopic (exact) mass is 311 g/mol. The molecule has 1 atom stereocenters. The summed E-state index contributed by atoms with van der Waals surface area (Å²) in [5, 5.41) is 2.95. The van der Waals surface area contributed by atoms with Crippen LogP contribution in [0.25, 0.3) is 0 Å². The maximum atomic E-state index is 12.0. The molecule has 3 nitrogen and oxygen atoms in total. The average Bonchev–Trinajstić information content (AvgIpc) is 2.83. The number of carbonyl (C=O) groups excluding carboxylic acids is 1. The molecular formula is C14H18BrNO2. The van der Waals surface area contributed by atoms with E-state index in [2.05, 4.69) is 28.2 Å². The number of fused-ring (bicyclic) bond motifs is 1. The number of hydrogen-bond acceptors (Lipinski definition) is 2. The van der Waals surface area contributed by atoms with Gasteiger partial charge in [-0.1, -0.05) is 29.3 Å². The lowest BCUT2D eigenvalue weighted by Crippen LogP contribution is -2.29. The zero-order valence-electron chi connectivity index (χ0n) is 10.5. The van der Waals surface area contributed by atoms with Crippen molar-refractivity contribution in [1.82, 2.24) is 5.32 Å². The second kappa shape index (κ2) is 6.23. The van der Waals surface area contributed by atoms with E-state index in [1.54, 1.807) is 0 Å². The predicted octanol–water partition coefficient (Wildman–Crippen LogP) is 2.91. The first-order valence-corrected chi connectivity index (χ1v) is 7.30. The van der Waals surface area contributed by atoms with Crippen molar-refractivity contribution in [3.05, 3.63) is 29.3 Å². The summed E-state index contributed by atoms with van der Waals surface area (Å²) in [6.45, 7) is 3.53. The molecule has 0 saturated carbocycles. The van der Waals surface area contributed by atoms with Crippen LogP contribution < -0.4 is 10.1 Å². The van der Waals surface area contributed by atoms with E-state index < -0.39 is 0 Å². The Hall–Kier alpha value is -1.03. The van der Waals surface area contributed by atoms with Crippen molar-refractivity contribution in [1.29, 1.82) is 0 Å². The number of alkyl halides is 1. The Morgan fingerprint density at radius 2 is 2.39 bits per heavy atom. The standard InChI is InChI=1S/C14H18BrNO2/c1-2-3-12(15)9-16-14(17)11-4-5-13-10(8-11)6-7-18-13/h4-5,8,12H,2-3,6-7,9H2,1H3,(H,16,17). The maximum absolute atomic E-state index is 12.0. The van der Waals surface area contributed by atoms with Crippen molar-refractivity contribution in [3.63, 3.8) is 0 Å². The van der Waals surface area contributed by atoms with Crippen LogP contribution in [-0.2, 0) is 6.42 Å². The maximum Gasteiger partial charge on any atom is 0.251 e. The van der Waals surface area contributed by atoms with Crippen molar-refractivity contribution < 1.29 is 9.53 Å². The molecule has 1 aliphatic rings. The van der Waals surface area contributed by atoms with Gasteiger partial charge in [0.15, 0.2) is 0 Å². The molecule has 0 saturated heterocycles. The van der Waals surface area contributed by atoms with Gasteiger partial charge in [-0.25, -0.2) is 0 Å². The summed E-state index contributed by atoms with van der Waals surface area (Å²) in [6.07, 6.45) is 3.08. The lowest BCUT2D eigenvalue weighted by Gasteiger charge is -2.10. The predicted molar refractivity (Wildman–Crippen MR) is 75.6 cm³/mol. The minimum atomic E-state index is -0.00902. The van der Waals surface area contributed by atoms with Crippen LogP contribution in [0.2, 0.25) is 0 Å². The Balaban J connectivity index is 1.93. The fraction of sp³-hybridized carbons (Fsp3) is 0.500. The summed E-state index contributed by atoms with van der Waals surface area (Å²) >= 11 is 3.55. The van der Waals surface area contributed by atoms with Crippen LogP contribution in [0.15, 0.2) is 18.2 Å². The molecule has 1 aromatic rings. The molecule has 18 heavy (non-hydrogen) atoms. The topological polar surface area (TPSA) is 38.3 Å². The van der Waals surface area contributed by atoms with E-state index in [1.165, 1.54) is 0 Å². The molecule has 1 N–H and O–H groups in total. The fourth-order valence-corrected chi connectivity index (χ4v) is 2.67. The van der Waals surface area contributed by atoms with E-state index >= 15 is 0 Å². The smallest absolute Gasteiger partial charge is 0.251 e. The highest BCUT2D eigenvalue weighted by atomic mass is 79.9. The van der Waals surface area contributed by atoms with Crippen LogP contribution in [0.4, 0.5) is 0 Å². The van der Waals surface area contributed by atoms with Gasteiger partial charge in [-0.05, 0) is 30.2 Å². The van der Waals surface area contributed by atoms with Crippen LogP contribution in [0.5, 0.6) is 5.75 Å². The summed E-state index contributed by atoms with van der Waals surface area (Å²) in [4.78, 5) is 12.3. The van der Waals surface area contributed by atoms with E-state index in [9.17, 15) is 4.79 Å². The van der Waals surface area contributed by atoms with E-state index in [0.717, 1.165) is 42.7 Å². The van der Waals surface area contributed by atoms with Gasteiger partial charge in [-0.3, -0.25) is 4.79 Å². The van der Waals surface area contributed by atoms with Crippen molar-refractivity contribution in [3.8, 4) is 5.75 Å². The summed E-state index contributed by atoms with van der Waals surface area (Å²) < 4.78 is 5.42. The molecule has 0 spiro atoms. The Labute approximate surface area is 116 Å². The van der Waals surface area contributed by atoms with E-state index in [1.807, 2.05) is 18.2 Å². The van der Waals surface area contributed by atoms with Crippen LogP contribution in [0.1, 0.15) is 35.7 Å². The minimum Gasteiger partial charge on any atom is -0.493 e. The molecule has 0 bridgehead atoms. The second-order valence-electron chi connectivity index (χ2n) is 4.52. The molecule has 1 aliphatic heterocycles. The average molecular weight is 312 g/mol. The van der Waals surface area contributed by atoms with Gasteiger partial charge in [-0.15, -0.1) is 0 Å². The van der Waals surface area contributed by atoms with Gasteiger partial charge >= 0.3 is 0 Å².